The van der Waals surface area contributed by atoms with Gasteiger partial charge in [0.15, 0.2) is 0 Å². The molecule has 0 fully saturated rings. The minimum Gasteiger partial charge on any atom is -0.371 e. The molecule has 0 radical (unpaired) electrons. The average molecular weight is 269 g/mol. The molecule has 4 nitrogen and oxygen atoms in total. The Morgan fingerprint density at radius 2 is 1.94 bits per heavy atom. The summed E-state index contributed by atoms with van der Waals surface area (Å²) in [6.07, 6.45) is 0. The van der Waals surface area contributed by atoms with Crippen LogP contribution in [0.15, 0.2) is 30.3 Å². The summed E-state index contributed by atoms with van der Waals surface area (Å²) < 4.78 is 11.1. The Morgan fingerprint density at radius 3 is 2.44 bits per heavy atom. The molecule has 18 heavy (non-hydrogen) atoms. The van der Waals surface area contributed by atoms with Crippen LogP contribution in [0.4, 0.5) is 5.69 Å². The van der Waals surface area contributed by atoms with E-state index in [1.54, 1.807) is 13.8 Å². The van der Waals surface area contributed by atoms with Crippen LogP contribution in [-0.2, 0) is 4.57 Å². The largest absolute Gasteiger partial charge is 0.527 e. The van der Waals surface area contributed by atoms with Gasteiger partial charge in [0, 0.05) is 39.2 Å². The molecule has 0 aliphatic carbocycles. The number of nitrogens with zero attached hydrogens (tertiary/aromatic N) is 1. The van der Waals surface area contributed by atoms with E-state index in [9.17, 15) is 4.57 Å². The molecule has 1 atom stereocenters. The highest BCUT2D eigenvalue weighted by molar-refractivity contribution is 7.39. The van der Waals surface area contributed by atoms with Crippen LogP contribution in [0.5, 0.6) is 0 Å². The van der Waals surface area contributed by atoms with Crippen molar-refractivity contribution in [3.05, 3.63) is 30.3 Å². The molecule has 1 aromatic carbocycles. The molecular weight excluding hydrogens is 247 g/mol. The highest BCUT2D eigenvalue weighted by Crippen LogP contribution is 2.31. The van der Waals surface area contributed by atoms with E-state index in [1.165, 1.54) is 5.69 Å². The maximum atomic E-state index is 11.1. The third-order valence-corrected chi connectivity index (χ3v) is 4.04. The number of hydrogen-bond acceptors (Lipinski definition) is 3. The van der Waals surface area contributed by atoms with E-state index in [0.29, 0.717) is 6.54 Å². The summed E-state index contributed by atoms with van der Waals surface area (Å²) in [6.45, 7) is 7.99. The smallest absolute Gasteiger partial charge is 0.371 e. The Balaban J connectivity index is 2.49. The first-order valence-electron chi connectivity index (χ1n) is 6.18. The first kappa shape index (κ1) is 15.1. The first-order chi connectivity index (χ1) is 8.47. The van der Waals surface area contributed by atoms with E-state index in [-0.39, 0.29) is 0 Å². The molecular formula is C13H22N2O2P+. The molecule has 2 N–H and O–H groups in total. The van der Waals surface area contributed by atoms with Crippen molar-refractivity contribution < 1.29 is 9.46 Å². The topological polar surface area (TPSA) is 52.6 Å². The normalized spacial score (nSPS) is 12.3. The lowest BCUT2D eigenvalue weighted by Crippen LogP contribution is -2.41. The fourth-order valence-corrected chi connectivity index (χ4v) is 1.92. The van der Waals surface area contributed by atoms with Gasteiger partial charge in [0.2, 0.25) is 5.28 Å². The van der Waals surface area contributed by atoms with E-state index in [2.05, 4.69) is 29.3 Å². The van der Waals surface area contributed by atoms with Gasteiger partial charge in [-0.3, -0.25) is 5.32 Å². The minimum atomic E-state index is -2.21. The van der Waals surface area contributed by atoms with Crippen molar-refractivity contribution in [1.29, 1.82) is 0 Å². The molecule has 0 spiro atoms. The zero-order valence-electron chi connectivity index (χ0n) is 11.3. The summed E-state index contributed by atoms with van der Waals surface area (Å²) in [6, 6.07) is 10.2. The van der Waals surface area contributed by atoms with Crippen LogP contribution in [0.1, 0.15) is 20.8 Å². The predicted molar refractivity (Wildman–Crippen MR) is 76.2 cm³/mol. The SMILES string of the molecule is CCN(CCNC(C)(C)[P+](=O)O)c1ccccc1. The fraction of sp³-hybridized carbons (Fsp3) is 0.538. The summed E-state index contributed by atoms with van der Waals surface area (Å²) in [4.78, 5) is 11.4. The molecule has 0 aromatic heterocycles. The maximum Gasteiger partial charge on any atom is 0.527 e. The second-order valence-corrected chi connectivity index (χ2v) is 6.34. The molecule has 0 saturated heterocycles. The van der Waals surface area contributed by atoms with E-state index in [0.717, 1.165) is 13.1 Å². The molecule has 1 unspecified atom stereocenters. The lowest BCUT2D eigenvalue weighted by molar-refractivity contribution is 0.427. The number of para-hydroxylation sites is 1. The molecule has 0 heterocycles. The van der Waals surface area contributed by atoms with Gasteiger partial charge in [-0.1, -0.05) is 18.2 Å². The van der Waals surface area contributed by atoms with Crippen molar-refractivity contribution in [2.24, 2.45) is 0 Å². The van der Waals surface area contributed by atoms with Crippen LogP contribution in [0.25, 0.3) is 0 Å². The van der Waals surface area contributed by atoms with Crippen molar-refractivity contribution in [2.75, 3.05) is 24.5 Å². The zero-order valence-corrected chi connectivity index (χ0v) is 12.2. The van der Waals surface area contributed by atoms with Crippen molar-refractivity contribution in [3.8, 4) is 0 Å². The lowest BCUT2D eigenvalue weighted by Gasteiger charge is -2.24. The number of anilines is 1. The maximum absolute atomic E-state index is 11.1. The van der Waals surface area contributed by atoms with E-state index < -0.39 is 13.3 Å². The van der Waals surface area contributed by atoms with Crippen molar-refractivity contribution >= 4 is 13.7 Å². The average Bonchev–Trinajstić information content (AvgIpc) is 2.35. The Hall–Kier alpha value is -0.960. The first-order valence-corrected chi connectivity index (χ1v) is 7.40. The molecule has 100 valence electrons. The minimum absolute atomic E-state index is 0.678. The number of hydrogen-bond donors (Lipinski definition) is 2. The van der Waals surface area contributed by atoms with Gasteiger partial charge < -0.3 is 4.90 Å². The number of rotatable bonds is 7. The summed E-state index contributed by atoms with van der Waals surface area (Å²) in [7, 11) is -2.21. The number of nitrogens with one attached hydrogen (secondary N) is 1. The van der Waals surface area contributed by atoms with Crippen LogP contribution < -0.4 is 10.2 Å². The van der Waals surface area contributed by atoms with Crippen LogP contribution in [-0.4, -0.2) is 29.8 Å². The van der Waals surface area contributed by atoms with Crippen molar-refractivity contribution in [3.63, 3.8) is 0 Å². The molecule has 1 aromatic rings. The van der Waals surface area contributed by atoms with Crippen LogP contribution in [0.3, 0.4) is 0 Å². The standard InChI is InChI=1S/C13H21N2O2P/c1-4-15(12-8-6-5-7-9-12)11-10-14-13(2,3)18(16)17/h5-9,14H,4,10-11H2,1-3H3/p+1. The molecule has 0 saturated carbocycles. The fourth-order valence-electron chi connectivity index (χ4n) is 1.67. The van der Waals surface area contributed by atoms with Gasteiger partial charge >= 0.3 is 8.03 Å². The highest BCUT2D eigenvalue weighted by Gasteiger charge is 2.38. The van der Waals surface area contributed by atoms with Crippen LogP contribution in [0, 0.1) is 0 Å². The van der Waals surface area contributed by atoms with Gasteiger partial charge in [-0.05, 0) is 23.6 Å². The molecule has 0 aliphatic heterocycles. The second kappa shape index (κ2) is 6.83. The van der Waals surface area contributed by atoms with Crippen molar-refractivity contribution in [1.82, 2.24) is 5.32 Å². The lowest BCUT2D eigenvalue weighted by atomic mass is 10.3. The highest BCUT2D eigenvalue weighted by atomic mass is 31.1. The van der Waals surface area contributed by atoms with E-state index in [4.69, 9.17) is 4.89 Å². The van der Waals surface area contributed by atoms with Crippen LogP contribution in [0.2, 0.25) is 0 Å². The van der Waals surface area contributed by atoms with Gasteiger partial charge in [0.1, 0.15) is 0 Å². The van der Waals surface area contributed by atoms with Gasteiger partial charge in [-0.2, -0.15) is 4.89 Å². The van der Waals surface area contributed by atoms with Crippen molar-refractivity contribution in [2.45, 2.75) is 26.1 Å². The van der Waals surface area contributed by atoms with E-state index in [1.807, 2.05) is 18.2 Å². The zero-order chi connectivity index (χ0) is 13.6. The third kappa shape index (κ3) is 4.37. The Kier molecular flexibility index (Phi) is 5.73. The third-order valence-electron chi connectivity index (χ3n) is 2.92. The quantitative estimate of drug-likeness (QED) is 0.747. The summed E-state index contributed by atoms with van der Waals surface area (Å²) in [5.41, 5.74) is 1.17. The molecule has 0 aliphatic rings. The van der Waals surface area contributed by atoms with E-state index >= 15 is 0 Å². The number of likely N-dealkylation sites (N-methyl/N-ethyl adjacent to an activating group) is 1. The molecule has 0 bridgehead atoms. The molecule has 5 heteroatoms. The van der Waals surface area contributed by atoms with Gasteiger partial charge in [0.05, 0.1) is 0 Å². The predicted octanol–water partition coefficient (Wildman–Crippen LogP) is 2.57. The van der Waals surface area contributed by atoms with Crippen LogP contribution >= 0.6 is 8.03 Å². The molecule has 1 rings (SSSR count). The Morgan fingerprint density at radius 1 is 1.33 bits per heavy atom. The Bertz CT molecular complexity index is 382. The summed E-state index contributed by atoms with van der Waals surface area (Å²) >= 11 is 0. The summed E-state index contributed by atoms with van der Waals surface area (Å²) in [5, 5.41) is 2.39. The monoisotopic (exact) mass is 269 g/mol. The summed E-state index contributed by atoms with van der Waals surface area (Å²) in [5.74, 6) is 0. The molecule has 0 amide bonds. The van der Waals surface area contributed by atoms with Gasteiger partial charge in [-0.15, -0.1) is 0 Å². The second-order valence-electron chi connectivity index (χ2n) is 4.67. The Labute approximate surface area is 110 Å². The van der Waals surface area contributed by atoms with Gasteiger partial charge in [-0.25, -0.2) is 0 Å². The number of benzene rings is 1. The van der Waals surface area contributed by atoms with Gasteiger partial charge in [0.25, 0.3) is 0 Å².